The molecule has 1 aromatic heterocycles. The second-order valence-corrected chi connectivity index (χ2v) is 8.67. The fraction of sp³-hybridized carbons (Fsp3) is 0.280. The van der Waals surface area contributed by atoms with Crippen molar-refractivity contribution in [3.05, 3.63) is 83.2 Å². The number of amides is 3. The van der Waals surface area contributed by atoms with Gasteiger partial charge in [0, 0.05) is 62.9 Å². The smallest absolute Gasteiger partial charge is 0.337 e. The Morgan fingerprint density at radius 3 is 2.17 bits per heavy atom. The topological polar surface area (TPSA) is 81.7 Å². The molecule has 0 atom stereocenters. The van der Waals surface area contributed by atoms with Gasteiger partial charge in [-0.3, -0.25) is 4.79 Å². The number of benzene rings is 2. The van der Waals surface area contributed by atoms with Crippen molar-refractivity contribution in [1.29, 1.82) is 0 Å². The Labute approximate surface area is 205 Å². The van der Waals surface area contributed by atoms with Crippen LogP contribution in [0.5, 0.6) is 0 Å². The molecule has 1 fully saturated rings. The number of alkyl halides is 3. The molecular formula is C25H23F3N6O2. The monoisotopic (exact) mass is 496 g/mol. The number of halogens is 3. The van der Waals surface area contributed by atoms with Crippen molar-refractivity contribution in [3.8, 4) is 0 Å². The van der Waals surface area contributed by atoms with Crippen LogP contribution >= 0.6 is 0 Å². The van der Waals surface area contributed by atoms with E-state index in [-0.39, 0.29) is 19.0 Å². The van der Waals surface area contributed by atoms with Gasteiger partial charge >= 0.3 is 12.2 Å². The predicted molar refractivity (Wildman–Crippen MR) is 126 cm³/mol. The third kappa shape index (κ3) is 4.95. The van der Waals surface area contributed by atoms with Crippen molar-refractivity contribution < 1.29 is 22.8 Å². The standard InChI is InChI=1S/C25H23F3N6O2/c26-25(27,28)20-5-2-18-15-34(16-19(18)14-20)24(36)31-21-6-3-17(4-7-21)22(35)32-10-12-33(13-11-32)23-29-8-1-9-30-23/h1-9,14H,10-13,15-16H2,(H,31,36). The molecule has 2 aliphatic rings. The van der Waals surface area contributed by atoms with Gasteiger partial charge in [0.15, 0.2) is 0 Å². The van der Waals surface area contributed by atoms with Gasteiger partial charge in [-0.05, 0) is 53.6 Å². The molecule has 5 rings (SSSR count). The SMILES string of the molecule is O=C(Nc1ccc(C(=O)N2CCN(c3ncccn3)CC2)cc1)N1Cc2ccc(C(F)(F)F)cc2C1. The van der Waals surface area contributed by atoms with Gasteiger partial charge in [-0.2, -0.15) is 13.2 Å². The normalized spacial score (nSPS) is 15.6. The number of hydrogen-bond acceptors (Lipinski definition) is 5. The molecule has 186 valence electrons. The average Bonchev–Trinajstić information content (AvgIpc) is 3.33. The van der Waals surface area contributed by atoms with Crippen molar-refractivity contribution in [2.45, 2.75) is 19.3 Å². The average molecular weight is 496 g/mol. The molecular weight excluding hydrogens is 473 g/mol. The Kier molecular flexibility index (Phi) is 6.21. The molecule has 0 spiro atoms. The third-order valence-electron chi connectivity index (χ3n) is 6.33. The second-order valence-electron chi connectivity index (χ2n) is 8.67. The van der Waals surface area contributed by atoms with Gasteiger partial charge in [-0.1, -0.05) is 6.07 Å². The first-order valence-corrected chi connectivity index (χ1v) is 11.4. The van der Waals surface area contributed by atoms with E-state index in [1.54, 1.807) is 47.6 Å². The Morgan fingerprint density at radius 2 is 1.50 bits per heavy atom. The summed E-state index contributed by atoms with van der Waals surface area (Å²) >= 11 is 0. The molecule has 0 aliphatic carbocycles. The van der Waals surface area contributed by atoms with E-state index in [4.69, 9.17) is 0 Å². The van der Waals surface area contributed by atoms with E-state index in [1.165, 1.54) is 11.0 Å². The lowest BCUT2D eigenvalue weighted by Crippen LogP contribution is -2.49. The number of nitrogens with one attached hydrogen (secondary N) is 1. The van der Waals surface area contributed by atoms with Crippen LogP contribution in [0.15, 0.2) is 60.9 Å². The van der Waals surface area contributed by atoms with Gasteiger partial charge in [0.25, 0.3) is 5.91 Å². The zero-order valence-electron chi connectivity index (χ0n) is 19.2. The van der Waals surface area contributed by atoms with Gasteiger partial charge < -0.3 is 20.0 Å². The predicted octanol–water partition coefficient (Wildman–Crippen LogP) is 4.01. The Balaban J connectivity index is 1.15. The lowest BCUT2D eigenvalue weighted by molar-refractivity contribution is -0.137. The summed E-state index contributed by atoms with van der Waals surface area (Å²) in [6.45, 7) is 2.68. The first kappa shape index (κ1) is 23.6. The Morgan fingerprint density at radius 1 is 0.833 bits per heavy atom. The lowest BCUT2D eigenvalue weighted by atomic mass is 10.1. The molecule has 2 aromatic carbocycles. The van der Waals surface area contributed by atoms with Crippen molar-refractivity contribution in [2.75, 3.05) is 36.4 Å². The number of fused-ring (bicyclic) bond motifs is 1. The summed E-state index contributed by atoms with van der Waals surface area (Å²) in [5.74, 6) is 0.545. The fourth-order valence-electron chi connectivity index (χ4n) is 4.36. The largest absolute Gasteiger partial charge is 0.416 e. The van der Waals surface area contributed by atoms with E-state index < -0.39 is 17.8 Å². The Hall–Kier alpha value is -4.15. The molecule has 36 heavy (non-hydrogen) atoms. The molecule has 0 radical (unpaired) electrons. The lowest BCUT2D eigenvalue weighted by Gasteiger charge is -2.34. The van der Waals surface area contributed by atoms with Gasteiger partial charge in [-0.15, -0.1) is 0 Å². The van der Waals surface area contributed by atoms with Crippen LogP contribution in [-0.4, -0.2) is 57.9 Å². The van der Waals surface area contributed by atoms with Crippen LogP contribution in [0.3, 0.4) is 0 Å². The maximum atomic E-state index is 13.0. The van der Waals surface area contributed by atoms with Crippen LogP contribution in [0.2, 0.25) is 0 Å². The number of urea groups is 1. The molecule has 0 unspecified atom stereocenters. The van der Waals surface area contributed by atoms with Crippen molar-refractivity contribution in [3.63, 3.8) is 0 Å². The number of carbonyl (C=O) groups excluding carboxylic acids is 2. The maximum absolute atomic E-state index is 13.0. The number of rotatable bonds is 3. The summed E-state index contributed by atoms with van der Waals surface area (Å²) in [4.78, 5) is 39.3. The minimum Gasteiger partial charge on any atom is -0.337 e. The van der Waals surface area contributed by atoms with Crippen LogP contribution in [0.25, 0.3) is 0 Å². The summed E-state index contributed by atoms with van der Waals surface area (Å²) in [6.07, 6.45) is -1.05. The van der Waals surface area contributed by atoms with Gasteiger partial charge in [0.05, 0.1) is 5.56 Å². The zero-order valence-corrected chi connectivity index (χ0v) is 19.2. The highest BCUT2D eigenvalue weighted by molar-refractivity contribution is 5.95. The molecule has 3 aromatic rings. The highest BCUT2D eigenvalue weighted by atomic mass is 19.4. The number of hydrogen-bond donors (Lipinski definition) is 1. The molecule has 8 nitrogen and oxygen atoms in total. The summed E-state index contributed by atoms with van der Waals surface area (Å²) in [7, 11) is 0. The minimum atomic E-state index is -4.42. The van der Waals surface area contributed by atoms with E-state index in [0.717, 1.165) is 12.1 Å². The van der Waals surface area contributed by atoms with E-state index in [1.807, 2.05) is 4.90 Å². The Bertz CT molecular complexity index is 1260. The van der Waals surface area contributed by atoms with E-state index in [9.17, 15) is 22.8 Å². The van der Waals surface area contributed by atoms with Crippen LogP contribution in [-0.2, 0) is 19.3 Å². The molecule has 0 bridgehead atoms. The van der Waals surface area contributed by atoms with E-state index in [0.29, 0.717) is 54.5 Å². The summed E-state index contributed by atoms with van der Waals surface area (Å²) < 4.78 is 38.9. The molecule has 0 saturated carbocycles. The summed E-state index contributed by atoms with van der Waals surface area (Å²) in [5.41, 5.74) is 1.46. The van der Waals surface area contributed by atoms with Crippen molar-refractivity contribution in [1.82, 2.24) is 19.8 Å². The highest BCUT2D eigenvalue weighted by Crippen LogP contribution is 2.33. The minimum absolute atomic E-state index is 0.0989. The summed E-state index contributed by atoms with van der Waals surface area (Å²) in [6, 6.07) is 11.5. The molecule has 11 heteroatoms. The number of anilines is 2. The van der Waals surface area contributed by atoms with Crippen LogP contribution in [0.1, 0.15) is 27.0 Å². The fourth-order valence-corrected chi connectivity index (χ4v) is 4.36. The molecule has 1 N–H and O–H groups in total. The van der Waals surface area contributed by atoms with Crippen molar-refractivity contribution in [2.24, 2.45) is 0 Å². The van der Waals surface area contributed by atoms with E-state index in [2.05, 4.69) is 15.3 Å². The number of aromatic nitrogens is 2. The number of carbonyl (C=O) groups is 2. The van der Waals surface area contributed by atoms with E-state index >= 15 is 0 Å². The van der Waals surface area contributed by atoms with Gasteiger partial charge in [-0.25, -0.2) is 14.8 Å². The molecule has 1 saturated heterocycles. The molecule has 2 aliphatic heterocycles. The van der Waals surface area contributed by atoms with Gasteiger partial charge in [0.1, 0.15) is 0 Å². The zero-order chi connectivity index (χ0) is 25.3. The van der Waals surface area contributed by atoms with Gasteiger partial charge in [0.2, 0.25) is 5.95 Å². The quantitative estimate of drug-likeness (QED) is 0.593. The van der Waals surface area contributed by atoms with Crippen LogP contribution in [0, 0.1) is 0 Å². The molecule has 3 heterocycles. The third-order valence-corrected chi connectivity index (χ3v) is 6.33. The first-order valence-electron chi connectivity index (χ1n) is 11.4. The molecule has 3 amide bonds. The van der Waals surface area contributed by atoms with Crippen LogP contribution in [0.4, 0.5) is 29.6 Å². The number of nitrogens with zero attached hydrogens (tertiary/aromatic N) is 5. The van der Waals surface area contributed by atoms with Crippen LogP contribution < -0.4 is 10.2 Å². The second kappa shape index (κ2) is 9.48. The highest BCUT2D eigenvalue weighted by Gasteiger charge is 2.33. The maximum Gasteiger partial charge on any atom is 0.416 e. The number of piperazine rings is 1. The summed E-state index contributed by atoms with van der Waals surface area (Å²) in [5, 5.41) is 2.75. The first-order chi connectivity index (χ1) is 17.3. The van der Waals surface area contributed by atoms with Crippen molar-refractivity contribution >= 4 is 23.6 Å².